The maximum absolute atomic E-state index is 12.2. The van der Waals surface area contributed by atoms with Crippen molar-refractivity contribution in [1.82, 2.24) is 9.97 Å². The summed E-state index contributed by atoms with van der Waals surface area (Å²) in [6.45, 7) is 1.45. The topological polar surface area (TPSA) is 96.0 Å². The fourth-order valence-electron chi connectivity index (χ4n) is 2.24. The summed E-state index contributed by atoms with van der Waals surface area (Å²) < 4.78 is 0. The Morgan fingerprint density at radius 2 is 1.46 bits per heavy atom. The summed E-state index contributed by atoms with van der Waals surface area (Å²) in [6, 6.07) is 16.3. The number of anilines is 4. The Bertz CT molecular complexity index is 911. The van der Waals surface area contributed by atoms with Crippen molar-refractivity contribution in [2.45, 2.75) is 6.92 Å². The van der Waals surface area contributed by atoms with Crippen LogP contribution < -0.4 is 16.0 Å². The Hall–Kier alpha value is -3.74. The minimum Gasteiger partial charge on any atom is -0.326 e. The van der Waals surface area contributed by atoms with Crippen LogP contribution in [0.4, 0.5) is 23.0 Å². The van der Waals surface area contributed by atoms with E-state index in [2.05, 4.69) is 25.9 Å². The van der Waals surface area contributed by atoms with Crippen LogP contribution in [0.3, 0.4) is 0 Å². The molecule has 0 atom stereocenters. The highest BCUT2D eigenvalue weighted by Gasteiger charge is 2.08. The van der Waals surface area contributed by atoms with Gasteiger partial charge in [0.25, 0.3) is 5.91 Å². The molecule has 2 aromatic carbocycles. The molecule has 3 rings (SSSR count). The molecule has 0 aliphatic rings. The lowest BCUT2D eigenvalue weighted by molar-refractivity contribution is -0.114. The van der Waals surface area contributed by atoms with Gasteiger partial charge in [0, 0.05) is 36.4 Å². The molecule has 0 aliphatic heterocycles. The molecule has 26 heavy (non-hydrogen) atoms. The van der Waals surface area contributed by atoms with Crippen molar-refractivity contribution in [2.75, 3.05) is 16.0 Å². The van der Waals surface area contributed by atoms with E-state index in [9.17, 15) is 9.59 Å². The number of para-hydroxylation sites is 1. The maximum atomic E-state index is 12.2. The highest BCUT2D eigenvalue weighted by atomic mass is 16.2. The zero-order valence-electron chi connectivity index (χ0n) is 14.1. The van der Waals surface area contributed by atoms with Gasteiger partial charge in [-0.15, -0.1) is 0 Å². The number of carbonyl (C=O) groups excluding carboxylic acids is 2. The van der Waals surface area contributed by atoms with Crippen LogP contribution in [0.1, 0.15) is 17.3 Å². The highest BCUT2D eigenvalue weighted by Crippen LogP contribution is 2.18. The Labute approximate surface area is 150 Å². The summed E-state index contributed by atoms with van der Waals surface area (Å²) in [5.41, 5.74) is 2.44. The molecule has 7 heteroatoms. The van der Waals surface area contributed by atoms with Crippen LogP contribution in [-0.4, -0.2) is 21.8 Å². The molecule has 1 aromatic heterocycles. The van der Waals surface area contributed by atoms with Crippen LogP contribution in [0.5, 0.6) is 0 Å². The van der Waals surface area contributed by atoms with Crippen LogP contribution in [0.2, 0.25) is 0 Å². The van der Waals surface area contributed by atoms with Gasteiger partial charge in [-0.2, -0.15) is 0 Å². The molecule has 3 N–H and O–H groups in total. The standard InChI is InChI=1S/C19H17N5O2/c1-13(25)22-16-8-5-9-17(10-16)24-19-20-11-14(12-21-19)18(26)23-15-6-3-2-4-7-15/h2-12H,1H3,(H,22,25)(H,23,26)(H,20,21,24). The average Bonchev–Trinajstić information content (AvgIpc) is 2.63. The first-order valence-corrected chi connectivity index (χ1v) is 7.93. The smallest absolute Gasteiger partial charge is 0.258 e. The molecule has 2 amide bonds. The predicted molar refractivity (Wildman–Crippen MR) is 100 cm³/mol. The van der Waals surface area contributed by atoms with E-state index in [1.165, 1.54) is 19.3 Å². The van der Waals surface area contributed by atoms with Crippen molar-refractivity contribution in [3.05, 3.63) is 72.6 Å². The van der Waals surface area contributed by atoms with E-state index >= 15 is 0 Å². The fourth-order valence-corrected chi connectivity index (χ4v) is 2.24. The van der Waals surface area contributed by atoms with E-state index in [1.807, 2.05) is 24.3 Å². The Kier molecular flexibility index (Phi) is 5.19. The maximum Gasteiger partial charge on any atom is 0.258 e. The largest absolute Gasteiger partial charge is 0.326 e. The van der Waals surface area contributed by atoms with Gasteiger partial charge in [0.1, 0.15) is 0 Å². The Morgan fingerprint density at radius 3 is 2.15 bits per heavy atom. The number of aromatic nitrogens is 2. The molecular weight excluding hydrogens is 330 g/mol. The molecule has 0 saturated heterocycles. The molecule has 130 valence electrons. The van der Waals surface area contributed by atoms with E-state index in [1.54, 1.807) is 30.3 Å². The number of amides is 2. The second-order valence-corrected chi connectivity index (χ2v) is 5.50. The lowest BCUT2D eigenvalue weighted by Gasteiger charge is -2.08. The lowest BCUT2D eigenvalue weighted by atomic mass is 10.2. The minimum absolute atomic E-state index is 0.146. The third-order valence-corrected chi connectivity index (χ3v) is 3.38. The Balaban J connectivity index is 1.66. The summed E-state index contributed by atoms with van der Waals surface area (Å²) in [6.07, 6.45) is 2.90. The van der Waals surface area contributed by atoms with Gasteiger partial charge in [-0.05, 0) is 30.3 Å². The second-order valence-electron chi connectivity index (χ2n) is 5.50. The van der Waals surface area contributed by atoms with Gasteiger partial charge >= 0.3 is 0 Å². The normalized spacial score (nSPS) is 10.0. The molecular formula is C19H17N5O2. The highest BCUT2D eigenvalue weighted by molar-refractivity contribution is 6.03. The van der Waals surface area contributed by atoms with Crippen molar-refractivity contribution in [3.63, 3.8) is 0 Å². The fraction of sp³-hybridized carbons (Fsp3) is 0.0526. The van der Waals surface area contributed by atoms with Crippen LogP contribution in [-0.2, 0) is 4.79 Å². The summed E-state index contributed by atoms with van der Waals surface area (Å²) in [5, 5.41) is 8.51. The summed E-state index contributed by atoms with van der Waals surface area (Å²) in [5.74, 6) is -0.0798. The molecule has 1 heterocycles. The van der Waals surface area contributed by atoms with Gasteiger partial charge < -0.3 is 16.0 Å². The number of hydrogen-bond acceptors (Lipinski definition) is 5. The number of nitrogens with one attached hydrogen (secondary N) is 3. The summed E-state index contributed by atoms with van der Waals surface area (Å²) >= 11 is 0. The van der Waals surface area contributed by atoms with Gasteiger partial charge in [-0.3, -0.25) is 9.59 Å². The van der Waals surface area contributed by atoms with E-state index in [-0.39, 0.29) is 11.8 Å². The molecule has 0 radical (unpaired) electrons. The van der Waals surface area contributed by atoms with Gasteiger partial charge in [0.2, 0.25) is 11.9 Å². The number of carbonyl (C=O) groups is 2. The van der Waals surface area contributed by atoms with Gasteiger partial charge in [0.05, 0.1) is 5.56 Å². The number of benzene rings is 2. The quantitative estimate of drug-likeness (QED) is 0.657. The molecule has 0 aliphatic carbocycles. The van der Waals surface area contributed by atoms with Crippen molar-refractivity contribution in [2.24, 2.45) is 0 Å². The zero-order chi connectivity index (χ0) is 18.4. The first kappa shape index (κ1) is 17.1. The number of nitrogens with zero attached hydrogens (tertiary/aromatic N) is 2. The van der Waals surface area contributed by atoms with Gasteiger partial charge in [-0.1, -0.05) is 24.3 Å². The molecule has 0 fully saturated rings. The molecule has 0 unspecified atom stereocenters. The minimum atomic E-state index is -0.282. The average molecular weight is 347 g/mol. The van der Waals surface area contributed by atoms with Crippen molar-refractivity contribution in [3.8, 4) is 0 Å². The molecule has 0 saturated carbocycles. The van der Waals surface area contributed by atoms with E-state index in [4.69, 9.17) is 0 Å². The summed E-state index contributed by atoms with van der Waals surface area (Å²) in [4.78, 5) is 31.6. The van der Waals surface area contributed by atoms with Crippen LogP contribution >= 0.6 is 0 Å². The van der Waals surface area contributed by atoms with Gasteiger partial charge in [0.15, 0.2) is 0 Å². The monoisotopic (exact) mass is 347 g/mol. The number of rotatable bonds is 5. The van der Waals surface area contributed by atoms with Crippen molar-refractivity contribution >= 4 is 34.8 Å². The van der Waals surface area contributed by atoms with Crippen LogP contribution in [0, 0.1) is 0 Å². The predicted octanol–water partition coefficient (Wildman–Crippen LogP) is 3.43. The summed E-state index contributed by atoms with van der Waals surface area (Å²) in [7, 11) is 0. The van der Waals surface area contributed by atoms with Crippen molar-refractivity contribution in [1.29, 1.82) is 0 Å². The molecule has 0 bridgehead atoms. The second kappa shape index (κ2) is 7.89. The van der Waals surface area contributed by atoms with E-state index < -0.39 is 0 Å². The van der Waals surface area contributed by atoms with Crippen LogP contribution in [0.15, 0.2) is 67.0 Å². The third-order valence-electron chi connectivity index (χ3n) is 3.38. The van der Waals surface area contributed by atoms with Crippen molar-refractivity contribution < 1.29 is 9.59 Å². The van der Waals surface area contributed by atoms with Crippen LogP contribution in [0.25, 0.3) is 0 Å². The first-order chi connectivity index (χ1) is 12.6. The number of hydrogen-bond donors (Lipinski definition) is 3. The molecule has 0 spiro atoms. The molecule has 3 aromatic rings. The van der Waals surface area contributed by atoms with E-state index in [0.717, 1.165) is 5.69 Å². The lowest BCUT2D eigenvalue weighted by Crippen LogP contribution is -2.13. The molecule has 7 nitrogen and oxygen atoms in total. The third kappa shape index (κ3) is 4.64. The zero-order valence-corrected chi connectivity index (χ0v) is 14.1. The SMILES string of the molecule is CC(=O)Nc1cccc(Nc2ncc(C(=O)Nc3ccccc3)cn2)c1. The Morgan fingerprint density at radius 1 is 0.808 bits per heavy atom. The van der Waals surface area contributed by atoms with Gasteiger partial charge in [-0.25, -0.2) is 9.97 Å². The first-order valence-electron chi connectivity index (χ1n) is 7.93. The van der Waals surface area contributed by atoms with E-state index in [0.29, 0.717) is 22.9 Å².